The average molecular weight is 280 g/mol. The van der Waals surface area contributed by atoms with Crippen molar-refractivity contribution < 1.29 is 4.79 Å². The van der Waals surface area contributed by atoms with Crippen molar-refractivity contribution in [2.45, 2.75) is 96.2 Å². The normalized spacial score (nSPS) is 36.9. The summed E-state index contributed by atoms with van der Waals surface area (Å²) in [6.45, 7) is 6.52. The SMILES string of the molecule is CC(C)N1C(=O)CCC2CC(C)(N)CCCCCCC21. The third-order valence-corrected chi connectivity index (χ3v) is 5.20. The Hall–Kier alpha value is -0.570. The van der Waals surface area contributed by atoms with E-state index in [1.165, 1.54) is 32.1 Å². The number of carbonyl (C=O) groups is 1. The van der Waals surface area contributed by atoms with Crippen molar-refractivity contribution in [3.05, 3.63) is 0 Å². The number of carbonyl (C=O) groups excluding carboxylic acids is 1. The van der Waals surface area contributed by atoms with Crippen molar-refractivity contribution in [2.75, 3.05) is 0 Å². The molecule has 0 radical (unpaired) electrons. The molecule has 0 aromatic heterocycles. The minimum Gasteiger partial charge on any atom is -0.337 e. The molecule has 3 heteroatoms. The van der Waals surface area contributed by atoms with Crippen LogP contribution in [0.4, 0.5) is 0 Å². The number of hydrogen-bond acceptors (Lipinski definition) is 2. The van der Waals surface area contributed by atoms with Gasteiger partial charge in [0, 0.05) is 24.0 Å². The Balaban J connectivity index is 2.18. The van der Waals surface area contributed by atoms with Gasteiger partial charge in [-0.25, -0.2) is 0 Å². The maximum Gasteiger partial charge on any atom is 0.223 e. The van der Waals surface area contributed by atoms with Gasteiger partial charge in [0.05, 0.1) is 0 Å². The van der Waals surface area contributed by atoms with Crippen LogP contribution >= 0.6 is 0 Å². The molecule has 2 rings (SSSR count). The summed E-state index contributed by atoms with van der Waals surface area (Å²) in [7, 11) is 0. The predicted octanol–water partition coefficient (Wildman–Crippen LogP) is 3.46. The Morgan fingerprint density at radius 2 is 1.90 bits per heavy atom. The third kappa shape index (κ3) is 3.75. The monoisotopic (exact) mass is 280 g/mol. The van der Waals surface area contributed by atoms with Crippen LogP contribution in [-0.4, -0.2) is 28.4 Å². The van der Waals surface area contributed by atoms with E-state index in [2.05, 4.69) is 25.7 Å². The predicted molar refractivity (Wildman–Crippen MR) is 83.4 cm³/mol. The molecule has 0 aromatic rings. The summed E-state index contributed by atoms with van der Waals surface area (Å²) in [5, 5.41) is 0. The van der Waals surface area contributed by atoms with E-state index in [0.717, 1.165) is 25.7 Å². The molecule has 1 saturated carbocycles. The Morgan fingerprint density at radius 3 is 2.60 bits per heavy atom. The quantitative estimate of drug-likeness (QED) is 0.799. The van der Waals surface area contributed by atoms with Gasteiger partial charge >= 0.3 is 0 Å². The lowest BCUT2D eigenvalue weighted by Gasteiger charge is -2.46. The highest BCUT2D eigenvalue weighted by Crippen LogP contribution is 2.36. The molecule has 3 atom stereocenters. The Kier molecular flexibility index (Phi) is 5.11. The van der Waals surface area contributed by atoms with Crippen molar-refractivity contribution in [3.8, 4) is 0 Å². The number of rotatable bonds is 1. The van der Waals surface area contributed by atoms with Crippen LogP contribution in [0.5, 0.6) is 0 Å². The molecule has 0 aromatic carbocycles. The summed E-state index contributed by atoms with van der Waals surface area (Å²) in [6, 6.07) is 0.750. The van der Waals surface area contributed by atoms with Crippen LogP contribution in [0.2, 0.25) is 0 Å². The van der Waals surface area contributed by atoms with Crippen LogP contribution in [0.3, 0.4) is 0 Å². The van der Waals surface area contributed by atoms with E-state index in [0.29, 0.717) is 23.9 Å². The zero-order chi connectivity index (χ0) is 14.8. The molecule has 2 fully saturated rings. The van der Waals surface area contributed by atoms with Crippen molar-refractivity contribution in [1.29, 1.82) is 0 Å². The lowest BCUT2D eigenvalue weighted by atomic mass is 9.75. The smallest absolute Gasteiger partial charge is 0.223 e. The van der Waals surface area contributed by atoms with Gasteiger partial charge in [0.15, 0.2) is 0 Å². The second kappa shape index (κ2) is 6.46. The summed E-state index contributed by atoms with van der Waals surface area (Å²) in [5.41, 5.74) is 6.48. The average Bonchev–Trinajstić information content (AvgIpc) is 2.35. The van der Waals surface area contributed by atoms with E-state index in [1.54, 1.807) is 0 Å². The number of amides is 1. The van der Waals surface area contributed by atoms with Crippen LogP contribution in [0.25, 0.3) is 0 Å². The molecule has 2 N–H and O–H groups in total. The fraction of sp³-hybridized carbons (Fsp3) is 0.941. The van der Waals surface area contributed by atoms with Gasteiger partial charge in [-0.05, 0) is 52.4 Å². The first-order valence-electron chi connectivity index (χ1n) is 8.51. The topological polar surface area (TPSA) is 46.3 Å². The van der Waals surface area contributed by atoms with E-state index in [-0.39, 0.29) is 5.54 Å². The van der Waals surface area contributed by atoms with Gasteiger partial charge in [-0.3, -0.25) is 4.79 Å². The van der Waals surface area contributed by atoms with Crippen molar-refractivity contribution >= 4 is 5.91 Å². The highest BCUT2D eigenvalue weighted by molar-refractivity contribution is 5.77. The summed E-state index contributed by atoms with van der Waals surface area (Å²) in [6.07, 6.45) is 10.2. The standard InChI is InChI=1S/C17H32N2O/c1-13(2)19-15-8-6-4-5-7-11-17(3,18)12-14(15)9-10-16(19)20/h13-15H,4-12,18H2,1-3H3. The van der Waals surface area contributed by atoms with Gasteiger partial charge < -0.3 is 10.6 Å². The van der Waals surface area contributed by atoms with Crippen molar-refractivity contribution in [2.24, 2.45) is 11.7 Å². The third-order valence-electron chi connectivity index (χ3n) is 5.20. The largest absolute Gasteiger partial charge is 0.337 e. The maximum absolute atomic E-state index is 12.3. The summed E-state index contributed by atoms with van der Waals surface area (Å²) >= 11 is 0. The molecule has 2 aliphatic rings. The molecular weight excluding hydrogens is 248 g/mol. The minimum atomic E-state index is -0.0523. The molecule has 1 aliphatic carbocycles. The molecule has 1 saturated heterocycles. The fourth-order valence-corrected chi connectivity index (χ4v) is 4.26. The zero-order valence-corrected chi connectivity index (χ0v) is 13.5. The van der Waals surface area contributed by atoms with Gasteiger partial charge in [0.1, 0.15) is 0 Å². The zero-order valence-electron chi connectivity index (χ0n) is 13.5. The second-order valence-corrected chi connectivity index (χ2v) is 7.57. The van der Waals surface area contributed by atoms with E-state index >= 15 is 0 Å². The van der Waals surface area contributed by atoms with E-state index in [1.807, 2.05) is 0 Å². The molecule has 116 valence electrons. The first-order chi connectivity index (χ1) is 9.41. The molecule has 0 bridgehead atoms. The number of nitrogens with zero attached hydrogens (tertiary/aromatic N) is 1. The first kappa shape index (κ1) is 15.8. The van der Waals surface area contributed by atoms with E-state index in [4.69, 9.17) is 5.73 Å². The van der Waals surface area contributed by atoms with Crippen LogP contribution < -0.4 is 5.73 Å². The molecule has 3 unspecified atom stereocenters. The van der Waals surface area contributed by atoms with Gasteiger partial charge in [0.2, 0.25) is 5.91 Å². The Labute approximate surface area is 124 Å². The van der Waals surface area contributed by atoms with Crippen LogP contribution in [0.15, 0.2) is 0 Å². The number of nitrogens with two attached hydrogens (primary N) is 1. The molecule has 1 amide bonds. The van der Waals surface area contributed by atoms with E-state index in [9.17, 15) is 4.79 Å². The number of piperidine rings is 1. The first-order valence-corrected chi connectivity index (χ1v) is 8.51. The molecule has 0 spiro atoms. The minimum absolute atomic E-state index is 0.0523. The highest BCUT2D eigenvalue weighted by atomic mass is 16.2. The van der Waals surface area contributed by atoms with Crippen molar-refractivity contribution in [3.63, 3.8) is 0 Å². The van der Waals surface area contributed by atoms with Gasteiger partial charge in [-0.15, -0.1) is 0 Å². The van der Waals surface area contributed by atoms with Gasteiger partial charge in [-0.1, -0.05) is 25.7 Å². The Morgan fingerprint density at radius 1 is 1.20 bits per heavy atom. The fourth-order valence-electron chi connectivity index (χ4n) is 4.26. The summed E-state index contributed by atoms with van der Waals surface area (Å²) < 4.78 is 0. The van der Waals surface area contributed by atoms with Crippen molar-refractivity contribution in [1.82, 2.24) is 4.90 Å². The summed E-state index contributed by atoms with van der Waals surface area (Å²) in [5.74, 6) is 0.959. The second-order valence-electron chi connectivity index (χ2n) is 7.57. The summed E-state index contributed by atoms with van der Waals surface area (Å²) in [4.78, 5) is 14.5. The molecule has 3 nitrogen and oxygen atoms in total. The Bertz CT molecular complexity index is 338. The lowest BCUT2D eigenvalue weighted by Crippen LogP contribution is -2.54. The van der Waals surface area contributed by atoms with Crippen LogP contribution in [0.1, 0.15) is 78.6 Å². The highest BCUT2D eigenvalue weighted by Gasteiger charge is 2.39. The van der Waals surface area contributed by atoms with E-state index < -0.39 is 0 Å². The molecule has 20 heavy (non-hydrogen) atoms. The van der Waals surface area contributed by atoms with Crippen LogP contribution in [0, 0.1) is 5.92 Å². The lowest BCUT2D eigenvalue weighted by molar-refractivity contribution is -0.142. The molecular formula is C17H32N2O. The number of likely N-dealkylation sites (tertiary alicyclic amines) is 1. The van der Waals surface area contributed by atoms with Crippen LogP contribution in [-0.2, 0) is 4.79 Å². The van der Waals surface area contributed by atoms with Gasteiger partial charge in [-0.2, -0.15) is 0 Å². The maximum atomic E-state index is 12.3. The molecule has 1 heterocycles. The van der Waals surface area contributed by atoms with Gasteiger partial charge in [0.25, 0.3) is 0 Å². The number of fused-ring (bicyclic) bond motifs is 1. The molecule has 1 aliphatic heterocycles. The number of hydrogen-bond donors (Lipinski definition) is 1.